The van der Waals surface area contributed by atoms with Gasteiger partial charge in [0, 0.05) is 12.3 Å². The number of carbonyl (C=O) groups is 1. The molecule has 0 aromatic rings. The molecule has 4 heteroatoms. The zero-order chi connectivity index (χ0) is 9.22. The predicted octanol–water partition coefficient (Wildman–Crippen LogP) is -0.302. The Morgan fingerprint density at radius 3 is 3.15 bits per heavy atom. The largest absolute Gasteiger partial charge is 0.465 e. The molecule has 0 spiro atoms. The molecule has 1 N–H and O–H groups in total. The molecule has 0 aromatic carbocycles. The third-order valence-corrected chi connectivity index (χ3v) is 3.65. The van der Waals surface area contributed by atoms with Crippen molar-refractivity contribution in [2.45, 2.75) is 31.2 Å². The Hall–Kier alpha value is -0.610. The molecule has 2 bridgehead atoms. The van der Waals surface area contributed by atoms with Crippen LogP contribution in [0.1, 0.15) is 13.3 Å². The van der Waals surface area contributed by atoms with E-state index in [1.807, 2.05) is 6.92 Å². The Balaban J connectivity index is 2.01. The lowest BCUT2D eigenvalue weighted by molar-refractivity contribution is -0.145. The second-order valence-electron chi connectivity index (χ2n) is 4.43. The molecular weight excluding hydrogens is 172 g/mol. The number of cyclic esters (lactones) is 1. The highest BCUT2D eigenvalue weighted by atomic mass is 16.6. The molecular formula is C9H12O4. The summed E-state index contributed by atoms with van der Waals surface area (Å²) in [6.45, 7) is 2.42. The number of ether oxygens (including phenoxy) is 2. The predicted molar refractivity (Wildman–Crippen MR) is 41.8 cm³/mol. The summed E-state index contributed by atoms with van der Waals surface area (Å²) in [6.07, 6.45) is -0.169. The lowest BCUT2D eigenvalue weighted by atomic mass is 9.73. The summed E-state index contributed by atoms with van der Waals surface area (Å²) in [5.41, 5.74) is -0.332. The van der Waals surface area contributed by atoms with Crippen LogP contribution in [0.4, 0.5) is 0 Å². The van der Waals surface area contributed by atoms with Crippen molar-refractivity contribution >= 4 is 5.97 Å². The fraction of sp³-hybridized carbons (Fsp3) is 0.889. The van der Waals surface area contributed by atoms with E-state index in [-0.39, 0.29) is 29.5 Å². The summed E-state index contributed by atoms with van der Waals surface area (Å²) in [6, 6.07) is 0. The van der Waals surface area contributed by atoms with Gasteiger partial charge in [0.1, 0.15) is 0 Å². The first kappa shape index (κ1) is 7.76. The summed E-state index contributed by atoms with van der Waals surface area (Å²) in [5.74, 6) is -0.250. The van der Waals surface area contributed by atoms with Crippen molar-refractivity contribution in [2.24, 2.45) is 11.8 Å². The summed E-state index contributed by atoms with van der Waals surface area (Å²) in [4.78, 5) is 11.3. The van der Waals surface area contributed by atoms with Crippen LogP contribution in [0.3, 0.4) is 0 Å². The molecule has 3 aliphatic heterocycles. The van der Waals surface area contributed by atoms with E-state index < -0.39 is 6.10 Å². The van der Waals surface area contributed by atoms with Crippen LogP contribution in [0.2, 0.25) is 0 Å². The third-order valence-electron chi connectivity index (χ3n) is 3.65. The van der Waals surface area contributed by atoms with Crippen LogP contribution in [-0.2, 0) is 14.3 Å². The maximum absolute atomic E-state index is 11.3. The van der Waals surface area contributed by atoms with E-state index in [4.69, 9.17) is 9.47 Å². The normalized spacial score (nSPS) is 58.2. The van der Waals surface area contributed by atoms with Gasteiger partial charge in [0.2, 0.25) is 0 Å². The molecule has 5 atom stereocenters. The SMILES string of the molecule is CC12CC(O)C(O1)C1C(=O)OCC12. The molecule has 3 saturated heterocycles. The first-order valence-electron chi connectivity index (χ1n) is 4.64. The van der Waals surface area contributed by atoms with Gasteiger partial charge in [-0.2, -0.15) is 0 Å². The van der Waals surface area contributed by atoms with Gasteiger partial charge < -0.3 is 14.6 Å². The van der Waals surface area contributed by atoms with Crippen LogP contribution in [-0.4, -0.2) is 35.5 Å². The van der Waals surface area contributed by atoms with Gasteiger partial charge in [-0.25, -0.2) is 0 Å². The quantitative estimate of drug-likeness (QED) is 0.525. The van der Waals surface area contributed by atoms with Crippen LogP contribution in [0, 0.1) is 11.8 Å². The van der Waals surface area contributed by atoms with E-state index in [1.54, 1.807) is 0 Å². The highest BCUT2D eigenvalue weighted by Gasteiger charge is 2.66. The molecule has 0 aliphatic carbocycles. The molecule has 3 heterocycles. The fourth-order valence-electron chi connectivity index (χ4n) is 2.98. The molecule has 3 aliphatic rings. The number of aliphatic hydroxyl groups is 1. The Kier molecular flexibility index (Phi) is 1.23. The monoisotopic (exact) mass is 184 g/mol. The molecule has 4 nitrogen and oxygen atoms in total. The van der Waals surface area contributed by atoms with Crippen LogP contribution in [0.25, 0.3) is 0 Å². The smallest absolute Gasteiger partial charge is 0.312 e. The second-order valence-corrected chi connectivity index (χ2v) is 4.43. The van der Waals surface area contributed by atoms with E-state index in [2.05, 4.69) is 0 Å². The summed E-state index contributed by atoms with van der Waals surface area (Å²) >= 11 is 0. The van der Waals surface area contributed by atoms with Crippen LogP contribution in [0.5, 0.6) is 0 Å². The summed E-state index contributed by atoms with van der Waals surface area (Å²) in [7, 11) is 0. The van der Waals surface area contributed by atoms with E-state index in [9.17, 15) is 9.90 Å². The molecule has 0 saturated carbocycles. The number of rotatable bonds is 0. The van der Waals surface area contributed by atoms with Crippen LogP contribution >= 0.6 is 0 Å². The maximum atomic E-state index is 11.3. The van der Waals surface area contributed by atoms with Gasteiger partial charge in [-0.05, 0) is 6.92 Å². The van der Waals surface area contributed by atoms with Gasteiger partial charge in [0.15, 0.2) is 0 Å². The number of aliphatic hydroxyl groups excluding tert-OH is 1. The van der Waals surface area contributed by atoms with E-state index in [0.717, 1.165) is 0 Å². The number of hydrogen-bond donors (Lipinski definition) is 1. The van der Waals surface area contributed by atoms with Gasteiger partial charge in [-0.15, -0.1) is 0 Å². The summed E-state index contributed by atoms with van der Waals surface area (Å²) < 4.78 is 10.6. The minimum absolute atomic E-state index is 0.161. The lowest BCUT2D eigenvalue weighted by Gasteiger charge is -2.27. The van der Waals surface area contributed by atoms with Crippen molar-refractivity contribution in [3.8, 4) is 0 Å². The van der Waals surface area contributed by atoms with Crippen molar-refractivity contribution in [3.63, 3.8) is 0 Å². The number of fused-ring (bicyclic) bond motifs is 5. The van der Waals surface area contributed by atoms with Gasteiger partial charge in [-0.3, -0.25) is 4.79 Å². The van der Waals surface area contributed by atoms with Crippen molar-refractivity contribution in [3.05, 3.63) is 0 Å². The number of carbonyl (C=O) groups excluding carboxylic acids is 1. The maximum Gasteiger partial charge on any atom is 0.312 e. The first-order chi connectivity index (χ1) is 6.12. The average Bonchev–Trinajstić information content (AvgIpc) is 2.61. The molecule has 0 radical (unpaired) electrons. The molecule has 72 valence electrons. The van der Waals surface area contributed by atoms with Crippen LogP contribution in [0.15, 0.2) is 0 Å². The van der Waals surface area contributed by atoms with Crippen LogP contribution < -0.4 is 0 Å². The summed E-state index contributed by atoms with van der Waals surface area (Å²) in [5, 5.41) is 9.62. The Morgan fingerprint density at radius 1 is 1.62 bits per heavy atom. The second kappa shape index (κ2) is 2.07. The minimum atomic E-state index is -0.489. The Bertz CT molecular complexity index is 277. The van der Waals surface area contributed by atoms with Gasteiger partial charge >= 0.3 is 5.97 Å². The minimum Gasteiger partial charge on any atom is -0.465 e. The van der Waals surface area contributed by atoms with Crippen molar-refractivity contribution in [2.75, 3.05) is 6.61 Å². The lowest BCUT2D eigenvalue weighted by Crippen LogP contribution is -2.41. The molecule has 5 unspecified atom stereocenters. The van der Waals surface area contributed by atoms with Gasteiger partial charge in [0.05, 0.1) is 30.3 Å². The van der Waals surface area contributed by atoms with Gasteiger partial charge in [0.25, 0.3) is 0 Å². The molecule has 0 aromatic heterocycles. The van der Waals surface area contributed by atoms with E-state index in [1.165, 1.54) is 0 Å². The molecule has 0 amide bonds. The first-order valence-corrected chi connectivity index (χ1v) is 4.64. The zero-order valence-corrected chi connectivity index (χ0v) is 7.40. The van der Waals surface area contributed by atoms with Gasteiger partial charge in [-0.1, -0.05) is 0 Å². The Morgan fingerprint density at radius 2 is 2.38 bits per heavy atom. The molecule has 3 fully saturated rings. The zero-order valence-electron chi connectivity index (χ0n) is 7.40. The Labute approximate surface area is 75.8 Å². The molecule has 3 rings (SSSR count). The number of esters is 1. The highest BCUT2D eigenvalue weighted by Crippen LogP contribution is 2.53. The van der Waals surface area contributed by atoms with Crippen molar-refractivity contribution in [1.82, 2.24) is 0 Å². The molecule has 13 heavy (non-hydrogen) atoms. The van der Waals surface area contributed by atoms with E-state index in [0.29, 0.717) is 13.0 Å². The average molecular weight is 184 g/mol. The van der Waals surface area contributed by atoms with E-state index >= 15 is 0 Å². The van der Waals surface area contributed by atoms with Crippen molar-refractivity contribution in [1.29, 1.82) is 0 Å². The fourth-order valence-corrected chi connectivity index (χ4v) is 2.98. The third kappa shape index (κ3) is 0.758. The van der Waals surface area contributed by atoms with Crippen molar-refractivity contribution < 1.29 is 19.4 Å². The topological polar surface area (TPSA) is 55.8 Å². The number of hydrogen-bond acceptors (Lipinski definition) is 4. The standard InChI is InChI=1S/C9H12O4/c1-9-2-5(10)7(13-9)6-4(9)3-12-8(6)11/h4-7,10H,2-3H2,1H3. The highest BCUT2D eigenvalue weighted by molar-refractivity contribution is 5.76.